The number of nitrogens with two attached hydrogens (primary N) is 2. The van der Waals surface area contributed by atoms with Gasteiger partial charge in [0, 0.05) is 6.42 Å². The number of carboxylic acid groups (broad SMARTS) is 1. The number of carbonyl (C=O) groups excluding carboxylic acids is 3. The first-order valence-electron chi connectivity index (χ1n) is 13.1. The Morgan fingerprint density at radius 1 is 0.865 bits per heavy atom. The molecule has 5 atom stereocenters. The quantitative estimate of drug-likeness (QED) is 0.168. The first-order chi connectivity index (χ1) is 17.5. The Labute approximate surface area is 220 Å². The van der Waals surface area contributed by atoms with Crippen molar-refractivity contribution in [1.29, 1.82) is 0 Å². The minimum atomic E-state index is -1.15. The number of aliphatic carboxylic acids is 1. The van der Waals surface area contributed by atoms with Crippen LogP contribution in [-0.4, -0.2) is 59.5 Å². The van der Waals surface area contributed by atoms with Crippen molar-refractivity contribution in [2.24, 2.45) is 23.3 Å². The van der Waals surface area contributed by atoms with Crippen molar-refractivity contribution in [3.05, 3.63) is 35.9 Å². The number of nitrogens with one attached hydrogen (secondary N) is 3. The summed E-state index contributed by atoms with van der Waals surface area (Å²) in [4.78, 5) is 51.0. The molecule has 8 N–H and O–H groups in total. The van der Waals surface area contributed by atoms with E-state index < -0.39 is 47.9 Å². The van der Waals surface area contributed by atoms with Crippen LogP contribution in [0.15, 0.2) is 30.3 Å². The highest BCUT2D eigenvalue weighted by Gasteiger charge is 2.31. The number of carboxylic acids is 1. The van der Waals surface area contributed by atoms with Gasteiger partial charge in [-0.15, -0.1) is 0 Å². The molecule has 37 heavy (non-hydrogen) atoms. The molecule has 0 aliphatic rings. The van der Waals surface area contributed by atoms with Crippen LogP contribution >= 0.6 is 0 Å². The van der Waals surface area contributed by atoms with E-state index in [0.717, 1.165) is 5.56 Å². The van der Waals surface area contributed by atoms with Gasteiger partial charge in [0.15, 0.2) is 0 Å². The lowest BCUT2D eigenvalue weighted by molar-refractivity contribution is -0.142. The van der Waals surface area contributed by atoms with Gasteiger partial charge in [-0.3, -0.25) is 14.4 Å². The minimum Gasteiger partial charge on any atom is -0.480 e. The third-order valence-electron chi connectivity index (χ3n) is 6.38. The topological polar surface area (TPSA) is 177 Å². The standard InChI is InChI=1S/C27H45N5O5/c1-5-18(4)23(29)26(35)32-21(15-17(2)3)24(33)31-22(16-19-11-7-6-8-12-19)25(34)30-20(27(36)37)13-9-10-14-28/h6-8,11-12,17-18,20-23H,5,9-10,13-16,28-29H2,1-4H3,(H,30,34)(H,31,33)(H,32,35)(H,36,37). The minimum absolute atomic E-state index is 0.0633. The van der Waals surface area contributed by atoms with E-state index in [1.165, 1.54) is 0 Å². The maximum Gasteiger partial charge on any atom is 0.326 e. The van der Waals surface area contributed by atoms with E-state index in [2.05, 4.69) is 16.0 Å². The van der Waals surface area contributed by atoms with Crippen LogP contribution in [0, 0.1) is 11.8 Å². The molecule has 0 heterocycles. The summed E-state index contributed by atoms with van der Waals surface area (Å²) in [6, 6.07) is 5.31. The Bertz CT molecular complexity index is 864. The third kappa shape index (κ3) is 11.7. The molecule has 0 aliphatic heterocycles. The fourth-order valence-electron chi connectivity index (χ4n) is 3.84. The summed E-state index contributed by atoms with van der Waals surface area (Å²) in [5.41, 5.74) is 12.4. The lowest BCUT2D eigenvalue weighted by atomic mass is 9.97. The highest BCUT2D eigenvalue weighted by Crippen LogP contribution is 2.11. The van der Waals surface area contributed by atoms with Crippen LogP contribution in [0.3, 0.4) is 0 Å². The van der Waals surface area contributed by atoms with E-state index in [9.17, 15) is 24.3 Å². The summed E-state index contributed by atoms with van der Waals surface area (Å²) in [7, 11) is 0. The van der Waals surface area contributed by atoms with Crippen molar-refractivity contribution in [2.45, 2.75) is 90.4 Å². The molecule has 0 saturated carbocycles. The van der Waals surface area contributed by atoms with Gasteiger partial charge in [0.1, 0.15) is 18.1 Å². The zero-order chi connectivity index (χ0) is 28.0. The van der Waals surface area contributed by atoms with Crippen molar-refractivity contribution in [2.75, 3.05) is 6.54 Å². The van der Waals surface area contributed by atoms with Crippen LogP contribution in [0.2, 0.25) is 0 Å². The Morgan fingerprint density at radius 2 is 1.43 bits per heavy atom. The molecule has 0 saturated heterocycles. The van der Waals surface area contributed by atoms with E-state index in [1.807, 2.05) is 58.0 Å². The average Bonchev–Trinajstić information content (AvgIpc) is 2.86. The number of carbonyl (C=O) groups is 4. The number of unbranched alkanes of at least 4 members (excludes halogenated alkanes) is 1. The lowest BCUT2D eigenvalue weighted by Gasteiger charge is -2.27. The van der Waals surface area contributed by atoms with Gasteiger partial charge in [-0.1, -0.05) is 64.4 Å². The summed E-state index contributed by atoms with van der Waals surface area (Å²) in [6.45, 7) is 8.08. The van der Waals surface area contributed by atoms with E-state index in [4.69, 9.17) is 11.5 Å². The SMILES string of the molecule is CCC(C)C(N)C(=O)NC(CC(C)C)C(=O)NC(Cc1ccccc1)C(=O)NC(CCCCN)C(=O)O. The number of hydrogen-bond acceptors (Lipinski definition) is 6. The molecule has 1 aromatic rings. The van der Waals surface area contributed by atoms with Gasteiger partial charge in [0.2, 0.25) is 17.7 Å². The van der Waals surface area contributed by atoms with Gasteiger partial charge >= 0.3 is 5.97 Å². The highest BCUT2D eigenvalue weighted by molar-refractivity contribution is 5.94. The van der Waals surface area contributed by atoms with E-state index in [0.29, 0.717) is 32.2 Å². The summed E-state index contributed by atoms with van der Waals surface area (Å²) in [6.07, 6.45) is 2.62. The van der Waals surface area contributed by atoms with Crippen LogP contribution in [-0.2, 0) is 25.6 Å². The maximum atomic E-state index is 13.3. The number of rotatable bonds is 17. The maximum absolute atomic E-state index is 13.3. The normalized spacial score (nSPS) is 15.2. The van der Waals surface area contributed by atoms with Crippen LogP contribution in [0.5, 0.6) is 0 Å². The molecule has 10 nitrogen and oxygen atoms in total. The molecular formula is C27H45N5O5. The van der Waals surface area contributed by atoms with Gasteiger partial charge in [-0.05, 0) is 49.6 Å². The molecule has 0 bridgehead atoms. The lowest BCUT2D eigenvalue weighted by Crippen LogP contribution is -2.58. The van der Waals surface area contributed by atoms with Crippen LogP contribution in [0.25, 0.3) is 0 Å². The molecular weight excluding hydrogens is 474 g/mol. The van der Waals surface area contributed by atoms with E-state index in [-0.39, 0.29) is 24.7 Å². The van der Waals surface area contributed by atoms with E-state index >= 15 is 0 Å². The first-order valence-corrected chi connectivity index (χ1v) is 13.1. The summed E-state index contributed by atoms with van der Waals surface area (Å²) < 4.78 is 0. The zero-order valence-electron chi connectivity index (χ0n) is 22.5. The van der Waals surface area contributed by atoms with Crippen molar-refractivity contribution >= 4 is 23.7 Å². The Morgan fingerprint density at radius 3 is 1.97 bits per heavy atom. The average molecular weight is 520 g/mol. The number of benzene rings is 1. The van der Waals surface area contributed by atoms with Crippen molar-refractivity contribution < 1.29 is 24.3 Å². The van der Waals surface area contributed by atoms with Crippen LogP contribution in [0.4, 0.5) is 0 Å². The van der Waals surface area contributed by atoms with Crippen molar-refractivity contribution in [3.8, 4) is 0 Å². The van der Waals surface area contributed by atoms with Crippen molar-refractivity contribution in [3.63, 3.8) is 0 Å². The Kier molecular flexibility index (Phi) is 14.5. The molecule has 0 aliphatic carbocycles. The second kappa shape index (κ2) is 16.7. The van der Waals surface area contributed by atoms with Gasteiger partial charge in [-0.2, -0.15) is 0 Å². The van der Waals surface area contributed by atoms with Gasteiger partial charge < -0.3 is 32.5 Å². The predicted molar refractivity (Wildman–Crippen MR) is 143 cm³/mol. The fourth-order valence-corrected chi connectivity index (χ4v) is 3.84. The summed E-state index contributed by atoms with van der Waals surface area (Å²) in [5, 5.41) is 17.6. The van der Waals surface area contributed by atoms with Crippen LogP contribution in [0.1, 0.15) is 65.4 Å². The molecule has 1 aromatic carbocycles. The van der Waals surface area contributed by atoms with Crippen molar-refractivity contribution in [1.82, 2.24) is 16.0 Å². The summed E-state index contributed by atoms with van der Waals surface area (Å²) >= 11 is 0. The predicted octanol–water partition coefficient (Wildman–Crippen LogP) is 1.32. The Hall–Kier alpha value is -2.98. The molecule has 0 aromatic heterocycles. The molecule has 3 amide bonds. The monoisotopic (exact) mass is 519 g/mol. The molecule has 10 heteroatoms. The van der Waals surface area contributed by atoms with E-state index in [1.54, 1.807) is 0 Å². The summed E-state index contributed by atoms with van der Waals surface area (Å²) in [5.74, 6) is -2.69. The first kappa shape index (κ1) is 32.0. The van der Waals surface area contributed by atoms with Crippen LogP contribution < -0.4 is 27.4 Å². The molecule has 0 fully saturated rings. The molecule has 0 spiro atoms. The molecule has 0 radical (unpaired) electrons. The second-order valence-corrected chi connectivity index (χ2v) is 10.0. The van der Waals surface area contributed by atoms with Gasteiger partial charge in [0.05, 0.1) is 6.04 Å². The fraction of sp³-hybridized carbons (Fsp3) is 0.630. The largest absolute Gasteiger partial charge is 0.480 e. The Balaban J connectivity index is 3.10. The molecule has 5 unspecified atom stereocenters. The number of hydrogen-bond donors (Lipinski definition) is 6. The zero-order valence-corrected chi connectivity index (χ0v) is 22.5. The third-order valence-corrected chi connectivity index (χ3v) is 6.38. The smallest absolute Gasteiger partial charge is 0.326 e. The highest BCUT2D eigenvalue weighted by atomic mass is 16.4. The second-order valence-electron chi connectivity index (χ2n) is 10.0. The molecule has 1 rings (SSSR count). The van der Waals surface area contributed by atoms with Gasteiger partial charge in [0.25, 0.3) is 0 Å². The van der Waals surface area contributed by atoms with Gasteiger partial charge in [-0.25, -0.2) is 4.79 Å². The number of amides is 3. The molecule has 208 valence electrons.